The number of hydrogen-bond acceptors (Lipinski definition) is 4. The second-order valence-corrected chi connectivity index (χ2v) is 5.94. The van der Waals surface area contributed by atoms with Crippen molar-refractivity contribution in [2.75, 3.05) is 13.7 Å². The average Bonchev–Trinajstić information content (AvgIpc) is 2.96. The van der Waals surface area contributed by atoms with Crippen LogP contribution >= 0.6 is 23.1 Å². The van der Waals surface area contributed by atoms with Crippen LogP contribution in [0, 0.1) is 11.8 Å². The zero-order valence-corrected chi connectivity index (χ0v) is 12.2. The molecule has 0 aliphatic carbocycles. The van der Waals surface area contributed by atoms with Crippen molar-refractivity contribution in [3.05, 3.63) is 46.8 Å². The molecule has 1 N–H and O–H groups in total. The minimum Gasteiger partial charge on any atom is -0.495 e. The van der Waals surface area contributed by atoms with Crippen molar-refractivity contribution in [3.8, 4) is 17.6 Å². The van der Waals surface area contributed by atoms with E-state index in [-0.39, 0.29) is 6.61 Å². The standard InChI is InChI=1S/C15H14O2S2/c1-17-14-7-6-12(10-13(14)4-2-8-16)11-19-15-5-3-9-18-15/h3,5-7,9-10,16H,8,11H2,1H3. The Morgan fingerprint density at radius 1 is 1.37 bits per heavy atom. The molecule has 0 spiro atoms. The molecule has 0 bridgehead atoms. The van der Waals surface area contributed by atoms with Crippen LogP contribution in [0.5, 0.6) is 5.75 Å². The highest BCUT2D eigenvalue weighted by atomic mass is 32.2. The first-order valence-corrected chi connectivity index (χ1v) is 7.63. The summed E-state index contributed by atoms with van der Waals surface area (Å²) in [6, 6.07) is 10.2. The van der Waals surface area contributed by atoms with Crippen molar-refractivity contribution in [2.45, 2.75) is 9.96 Å². The van der Waals surface area contributed by atoms with Gasteiger partial charge in [-0.3, -0.25) is 0 Å². The molecule has 0 amide bonds. The van der Waals surface area contributed by atoms with Gasteiger partial charge >= 0.3 is 0 Å². The molecule has 0 fully saturated rings. The summed E-state index contributed by atoms with van der Waals surface area (Å²) in [4.78, 5) is 0. The predicted molar refractivity (Wildman–Crippen MR) is 80.8 cm³/mol. The molecule has 1 aromatic heterocycles. The minimum absolute atomic E-state index is 0.142. The molecule has 19 heavy (non-hydrogen) atoms. The van der Waals surface area contributed by atoms with E-state index in [1.54, 1.807) is 30.2 Å². The fourth-order valence-electron chi connectivity index (χ4n) is 1.58. The summed E-state index contributed by atoms with van der Waals surface area (Å²) >= 11 is 3.55. The summed E-state index contributed by atoms with van der Waals surface area (Å²) in [6.07, 6.45) is 0. The van der Waals surface area contributed by atoms with Crippen molar-refractivity contribution in [1.29, 1.82) is 0 Å². The molecule has 0 radical (unpaired) electrons. The van der Waals surface area contributed by atoms with Gasteiger partial charge in [0.25, 0.3) is 0 Å². The van der Waals surface area contributed by atoms with Gasteiger partial charge in [0, 0.05) is 5.75 Å². The first-order chi connectivity index (χ1) is 9.33. The summed E-state index contributed by atoms with van der Waals surface area (Å²) < 4.78 is 6.56. The van der Waals surface area contributed by atoms with Gasteiger partial charge in [0.2, 0.25) is 0 Å². The minimum atomic E-state index is -0.142. The molecule has 98 valence electrons. The number of thiophene rings is 1. The van der Waals surface area contributed by atoms with Gasteiger partial charge in [-0.15, -0.1) is 23.1 Å². The average molecular weight is 290 g/mol. The lowest BCUT2D eigenvalue weighted by Gasteiger charge is -2.06. The summed E-state index contributed by atoms with van der Waals surface area (Å²) in [6.45, 7) is -0.142. The van der Waals surface area contributed by atoms with Crippen LogP contribution in [0.4, 0.5) is 0 Å². The molecule has 2 aromatic rings. The normalized spacial score (nSPS) is 9.79. The number of hydrogen-bond donors (Lipinski definition) is 1. The highest BCUT2D eigenvalue weighted by Gasteiger charge is 2.03. The largest absolute Gasteiger partial charge is 0.495 e. The van der Waals surface area contributed by atoms with E-state index in [1.165, 1.54) is 9.77 Å². The van der Waals surface area contributed by atoms with Crippen LogP contribution in [0.1, 0.15) is 11.1 Å². The lowest BCUT2D eigenvalue weighted by molar-refractivity contribution is 0.350. The fourth-order valence-corrected chi connectivity index (χ4v) is 3.30. The third kappa shape index (κ3) is 4.03. The number of benzene rings is 1. The van der Waals surface area contributed by atoms with E-state index in [2.05, 4.69) is 29.4 Å². The van der Waals surface area contributed by atoms with E-state index in [1.807, 2.05) is 18.2 Å². The Hall–Kier alpha value is -1.41. The molecule has 0 aliphatic heterocycles. The van der Waals surface area contributed by atoms with Crippen LogP contribution in [0.25, 0.3) is 0 Å². The molecule has 1 heterocycles. The van der Waals surface area contributed by atoms with Crippen LogP contribution in [0.3, 0.4) is 0 Å². The second kappa shape index (κ2) is 7.25. The lowest BCUT2D eigenvalue weighted by Crippen LogP contribution is -1.90. The summed E-state index contributed by atoms with van der Waals surface area (Å²) in [5.41, 5.74) is 2.02. The van der Waals surface area contributed by atoms with Crippen LogP contribution in [0.2, 0.25) is 0 Å². The monoisotopic (exact) mass is 290 g/mol. The van der Waals surface area contributed by atoms with Crippen molar-refractivity contribution >= 4 is 23.1 Å². The maximum atomic E-state index is 8.77. The van der Waals surface area contributed by atoms with E-state index in [0.717, 1.165) is 17.1 Å². The molecule has 0 saturated heterocycles. The van der Waals surface area contributed by atoms with Gasteiger partial charge in [0.05, 0.1) is 16.9 Å². The van der Waals surface area contributed by atoms with Crippen LogP contribution in [-0.2, 0) is 5.75 Å². The molecular weight excluding hydrogens is 276 g/mol. The van der Waals surface area contributed by atoms with E-state index >= 15 is 0 Å². The van der Waals surface area contributed by atoms with Crippen LogP contribution in [-0.4, -0.2) is 18.8 Å². The Balaban J connectivity index is 2.13. The Morgan fingerprint density at radius 3 is 2.95 bits per heavy atom. The molecule has 0 unspecified atom stereocenters. The molecule has 4 heteroatoms. The third-order valence-electron chi connectivity index (χ3n) is 2.44. The van der Waals surface area contributed by atoms with Crippen molar-refractivity contribution in [1.82, 2.24) is 0 Å². The number of methoxy groups -OCH3 is 1. The molecule has 0 atom stereocenters. The molecule has 2 rings (SSSR count). The van der Waals surface area contributed by atoms with Crippen molar-refractivity contribution in [2.24, 2.45) is 0 Å². The number of rotatable bonds is 4. The summed E-state index contributed by atoms with van der Waals surface area (Å²) in [5.74, 6) is 7.22. The SMILES string of the molecule is COc1ccc(CSc2cccs2)cc1C#CCO. The number of aliphatic hydroxyl groups excluding tert-OH is 1. The smallest absolute Gasteiger partial charge is 0.134 e. The maximum Gasteiger partial charge on any atom is 0.134 e. The van der Waals surface area contributed by atoms with Gasteiger partial charge < -0.3 is 9.84 Å². The zero-order chi connectivity index (χ0) is 13.5. The second-order valence-electron chi connectivity index (χ2n) is 3.72. The topological polar surface area (TPSA) is 29.5 Å². The molecule has 0 saturated carbocycles. The highest BCUT2D eigenvalue weighted by Crippen LogP contribution is 2.28. The number of ether oxygens (including phenoxy) is 1. The Labute approximate surface area is 121 Å². The first kappa shape index (κ1) is 14.0. The van der Waals surface area contributed by atoms with Gasteiger partial charge in [0.1, 0.15) is 12.4 Å². The van der Waals surface area contributed by atoms with Crippen molar-refractivity contribution in [3.63, 3.8) is 0 Å². The third-order valence-corrected chi connectivity index (χ3v) is 4.64. The van der Waals surface area contributed by atoms with Crippen LogP contribution < -0.4 is 4.74 Å². The Kier molecular flexibility index (Phi) is 5.34. The molecule has 0 aliphatic rings. The Bertz CT molecular complexity index is 580. The van der Waals surface area contributed by atoms with Gasteiger partial charge in [0.15, 0.2) is 0 Å². The van der Waals surface area contributed by atoms with Gasteiger partial charge in [-0.1, -0.05) is 24.0 Å². The molecule has 2 nitrogen and oxygen atoms in total. The highest BCUT2D eigenvalue weighted by molar-refractivity contribution is 8.00. The number of thioether (sulfide) groups is 1. The van der Waals surface area contributed by atoms with E-state index in [9.17, 15) is 0 Å². The van der Waals surface area contributed by atoms with Gasteiger partial charge in [-0.05, 0) is 29.1 Å². The van der Waals surface area contributed by atoms with Gasteiger partial charge in [-0.2, -0.15) is 0 Å². The van der Waals surface area contributed by atoms with E-state index in [0.29, 0.717) is 0 Å². The number of aliphatic hydroxyl groups is 1. The summed E-state index contributed by atoms with van der Waals surface area (Å²) in [7, 11) is 1.62. The Morgan fingerprint density at radius 2 is 2.26 bits per heavy atom. The predicted octanol–water partition coefficient (Wildman–Crippen LogP) is 3.39. The lowest BCUT2D eigenvalue weighted by atomic mass is 10.1. The van der Waals surface area contributed by atoms with E-state index < -0.39 is 0 Å². The summed E-state index contributed by atoms with van der Waals surface area (Å²) in [5, 5.41) is 10.8. The van der Waals surface area contributed by atoms with Crippen molar-refractivity contribution < 1.29 is 9.84 Å². The quantitative estimate of drug-likeness (QED) is 0.691. The maximum absolute atomic E-state index is 8.77. The zero-order valence-electron chi connectivity index (χ0n) is 10.6. The fraction of sp³-hybridized carbons (Fsp3) is 0.200. The molecule has 1 aromatic carbocycles. The first-order valence-electron chi connectivity index (χ1n) is 5.76. The van der Waals surface area contributed by atoms with E-state index in [4.69, 9.17) is 9.84 Å². The van der Waals surface area contributed by atoms with Gasteiger partial charge in [-0.25, -0.2) is 0 Å². The van der Waals surface area contributed by atoms with Crippen LogP contribution in [0.15, 0.2) is 39.9 Å². The molecular formula is C15H14O2S2.